The predicted molar refractivity (Wildman–Crippen MR) is 54.5 cm³/mol. The van der Waals surface area contributed by atoms with Crippen LogP contribution in [-0.2, 0) is 10.9 Å². The zero-order valence-corrected chi connectivity index (χ0v) is 8.45. The molecule has 0 fully saturated rings. The third-order valence-corrected chi connectivity index (χ3v) is 1.82. The van der Waals surface area contributed by atoms with Crippen LogP contribution in [0.5, 0.6) is 0 Å². The van der Waals surface area contributed by atoms with Crippen LogP contribution in [-0.4, -0.2) is 19.7 Å². The molecule has 16 heavy (non-hydrogen) atoms. The van der Waals surface area contributed by atoms with E-state index >= 15 is 0 Å². The van der Waals surface area contributed by atoms with Crippen molar-refractivity contribution in [3.8, 4) is 0 Å². The molecule has 0 aromatic heterocycles. The van der Waals surface area contributed by atoms with Gasteiger partial charge in [0.1, 0.15) is 0 Å². The first-order chi connectivity index (χ1) is 7.50. The van der Waals surface area contributed by atoms with Crippen LogP contribution < -0.4 is 0 Å². The van der Waals surface area contributed by atoms with Crippen molar-refractivity contribution in [3.63, 3.8) is 0 Å². The minimum absolute atomic E-state index is 0.162. The van der Waals surface area contributed by atoms with Gasteiger partial charge >= 0.3 is 6.18 Å². The fraction of sp³-hybridized carbons (Fsp3) is 0.200. The van der Waals surface area contributed by atoms with E-state index in [9.17, 15) is 13.2 Å². The summed E-state index contributed by atoms with van der Waals surface area (Å²) in [5.41, 5.74) is -0.982. The SMILES string of the molecule is C=N/N=C(\OC)c1ccccc1C(F)(F)F. The van der Waals surface area contributed by atoms with Crippen molar-refractivity contribution >= 4 is 12.6 Å². The third-order valence-electron chi connectivity index (χ3n) is 1.82. The van der Waals surface area contributed by atoms with E-state index in [0.717, 1.165) is 6.07 Å². The van der Waals surface area contributed by atoms with E-state index in [0.29, 0.717) is 0 Å². The van der Waals surface area contributed by atoms with Gasteiger partial charge in [-0.3, -0.25) is 0 Å². The first-order valence-corrected chi connectivity index (χ1v) is 4.25. The number of alkyl halides is 3. The molecular formula is C10H9F3N2O. The quantitative estimate of drug-likeness (QED) is 0.437. The Hall–Kier alpha value is -1.85. The Bertz CT molecular complexity index is 413. The molecule has 0 radical (unpaired) electrons. The van der Waals surface area contributed by atoms with Crippen LogP contribution >= 0.6 is 0 Å². The van der Waals surface area contributed by atoms with Gasteiger partial charge in [0.2, 0.25) is 5.90 Å². The lowest BCUT2D eigenvalue weighted by molar-refractivity contribution is -0.137. The number of hydrogen-bond donors (Lipinski definition) is 0. The summed E-state index contributed by atoms with van der Waals surface area (Å²) in [6, 6.07) is 4.96. The number of halogens is 3. The second-order valence-electron chi connectivity index (χ2n) is 2.79. The first kappa shape index (κ1) is 12.2. The Labute approximate surface area is 90.3 Å². The Morgan fingerprint density at radius 3 is 2.44 bits per heavy atom. The molecule has 86 valence electrons. The van der Waals surface area contributed by atoms with Gasteiger partial charge in [-0.05, 0) is 12.1 Å². The van der Waals surface area contributed by atoms with Crippen molar-refractivity contribution in [1.82, 2.24) is 0 Å². The van der Waals surface area contributed by atoms with Crippen LogP contribution in [0.15, 0.2) is 34.5 Å². The number of methoxy groups -OCH3 is 1. The molecule has 0 unspecified atom stereocenters. The molecule has 0 atom stereocenters. The molecule has 0 amide bonds. The second-order valence-corrected chi connectivity index (χ2v) is 2.79. The van der Waals surface area contributed by atoms with Gasteiger partial charge in [-0.15, -0.1) is 5.10 Å². The van der Waals surface area contributed by atoms with Crippen LogP contribution in [0.25, 0.3) is 0 Å². The largest absolute Gasteiger partial charge is 0.479 e. The van der Waals surface area contributed by atoms with Gasteiger partial charge in [0.15, 0.2) is 0 Å². The van der Waals surface area contributed by atoms with Crippen molar-refractivity contribution in [1.29, 1.82) is 0 Å². The topological polar surface area (TPSA) is 34.0 Å². The third kappa shape index (κ3) is 2.59. The maximum absolute atomic E-state index is 12.6. The lowest BCUT2D eigenvalue weighted by Crippen LogP contribution is -2.14. The van der Waals surface area contributed by atoms with Crippen LogP contribution in [0.4, 0.5) is 13.2 Å². The Morgan fingerprint density at radius 1 is 1.31 bits per heavy atom. The molecular weight excluding hydrogens is 221 g/mol. The van der Waals surface area contributed by atoms with Gasteiger partial charge < -0.3 is 4.74 Å². The fourth-order valence-electron chi connectivity index (χ4n) is 1.19. The molecule has 3 nitrogen and oxygen atoms in total. The van der Waals surface area contributed by atoms with E-state index < -0.39 is 11.7 Å². The predicted octanol–water partition coefficient (Wildman–Crippen LogP) is 2.71. The van der Waals surface area contributed by atoms with Crippen molar-refractivity contribution in [3.05, 3.63) is 35.4 Å². The molecule has 1 aromatic rings. The molecule has 6 heteroatoms. The molecule has 1 rings (SSSR count). The molecule has 0 spiro atoms. The van der Waals surface area contributed by atoms with Gasteiger partial charge in [-0.2, -0.15) is 18.3 Å². The normalized spacial score (nSPS) is 12.4. The van der Waals surface area contributed by atoms with E-state index in [-0.39, 0.29) is 11.5 Å². The number of nitrogens with zero attached hydrogens (tertiary/aromatic N) is 2. The van der Waals surface area contributed by atoms with Crippen molar-refractivity contribution in [2.45, 2.75) is 6.18 Å². The van der Waals surface area contributed by atoms with Gasteiger partial charge in [0, 0.05) is 6.72 Å². The van der Waals surface area contributed by atoms with Crippen LogP contribution in [0.1, 0.15) is 11.1 Å². The molecule has 0 aliphatic heterocycles. The van der Waals surface area contributed by atoms with Gasteiger partial charge in [-0.1, -0.05) is 12.1 Å². The van der Waals surface area contributed by atoms with Crippen molar-refractivity contribution < 1.29 is 17.9 Å². The van der Waals surface area contributed by atoms with E-state index in [1.807, 2.05) is 0 Å². The smallest absolute Gasteiger partial charge is 0.417 e. The Balaban J connectivity index is 3.33. The maximum atomic E-state index is 12.6. The summed E-state index contributed by atoms with van der Waals surface area (Å²) in [6.45, 7) is 3.07. The monoisotopic (exact) mass is 230 g/mol. The number of rotatable bonds is 2. The summed E-state index contributed by atoms with van der Waals surface area (Å²) in [6.07, 6.45) is -4.46. The van der Waals surface area contributed by atoms with Crippen LogP contribution in [0.2, 0.25) is 0 Å². The zero-order chi connectivity index (χ0) is 12.2. The molecule has 0 aliphatic carbocycles. The lowest BCUT2D eigenvalue weighted by atomic mass is 10.1. The highest BCUT2D eigenvalue weighted by atomic mass is 19.4. The van der Waals surface area contributed by atoms with Crippen molar-refractivity contribution in [2.75, 3.05) is 7.11 Å². The number of ether oxygens (including phenoxy) is 1. The lowest BCUT2D eigenvalue weighted by Gasteiger charge is -2.12. The number of benzene rings is 1. The molecule has 0 saturated carbocycles. The van der Waals surface area contributed by atoms with Gasteiger partial charge in [0.25, 0.3) is 0 Å². The number of hydrogen-bond acceptors (Lipinski definition) is 3. The zero-order valence-electron chi connectivity index (χ0n) is 8.45. The minimum atomic E-state index is -4.46. The van der Waals surface area contributed by atoms with E-state index in [1.54, 1.807) is 0 Å². The average Bonchev–Trinajstić information content (AvgIpc) is 2.25. The molecule has 0 saturated heterocycles. The van der Waals surface area contributed by atoms with Gasteiger partial charge in [-0.25, -0.2) is 0 Å². The summed E-state index contributed by atoms with van der Waals surface area (Å²) in [7, 11) is 1.22. The molecule has 0 aliphatic rings. The highest BCUT2D eigenvalue weighted by Crippen LogP contribution is 2.32. The van der Waals surface area contributed by atoms with Crippen LogP contribution in [0.3, 0.4) is 0 Å². The summed E-state index contributed by atoms with van der Waals surface area (Å²) in [5, 5.41) is 6.55. The summed E-state index contributed by atoms with van der Waals surface area (Å²) in [4.78, 5) is 0. The van der Waals surface area contributed by atoms with Gasteiger partial charge in [0.05, 0.1) is 18.2 Å². The van der Waals surface area contributed by atoms with E-state index in [1.165, 1.54) is 25.3 Å². The molecule has 0 N–H and O–H groups in total. The van der Waals surface area contributed by atoms with E-state index in [2.05, 4.69) is 16.9 Å². The minimum Gasteiger partial charge on any atom is -0.479 e. The molecule has 0 bridgehead atoms. The summed E-state index contributed by atoms with van der Waals surface area (Å²) < 4.78 is 42.6. The molecule has 1 aromatic carbocycles. The Morgan fingerprint density at radius 2 is 1.94 bits per heavy atom. The average molecular weight is 230 g/mol. The second kappa shape index (κ2) is 4.78. The highest BCUT2D eigenvalue weighted by Gasteiger charge is 2.34. The van der Waals surface area contributed by atoms with Crippen molar-refractivity contribution in [2.24, 2.45) is 10.2 Å². The fourth-order valence-corrected chi connectivity index (χ4v) is 1.19. The Kier molecular flexibility index (Phi) is 3.65. The standard InChI is InChI=1S/C10H9F3N2O/c1-14-15-9(16-2)7-5-3-4-6-8(7)10(11,12)13/h3-6H,1H2,2H3/b15-9-. The van der Waals surface area contributed by atoms with Crippen LogP contribution in [0, 0.1) is 0 Å². The molecule has 0 heterocycles. The highest BCUT2D eigenvalue weighted by molar-refractivity contribution is 5.95. The summed E-state index contributed by atoms with van der Waals surface area (Å²) in [5.74, 6) is -0.220. The summed E-state index contributed by atoms with van der Waals surface area (Å²) >= 11 is 0. The first-order valence-electron chi connectivity index (χ1n) is 4.25. The van der Waals surface area contributed by atoms with E-state index in [4.69, 9.17) is 4.74 Å². The maximum Gasteiger partial charge on any atom is 0.417 e.